The van der Waals surface area contributed by atoms with Gasteiger partial charge in [0.15, 0.2) is 0 Å². The molecule has 1 aromatic heterocycles. The van der Waals surface area contributed by atoms with E-state index in [-0.39, 0.29) is 6.17 Å². The summed E-state index contributed by atoms with van der Waals surface area (Å²) < 4.78 is 0. The van der Waals surface area contributed by atoms with Crippen LogP contribution in [0.2, 0.25) is 10.0 Å². The van der Waals surface area contributed by atoms with Crippen LogP contribution in [0, 0.1) is 0 Å². The highest BCUT2D eigenvalue weighted by Gasteiger charge is 2.09. The summed E-state index contributed by atoms with van der Waals surface area (Å²) in [4.78, 5) is 8.55. The van der Waals surface area contributed by atoms with Gasteiger partial charge in [0.1, 0.15) is 12.1 Å². The number of halogens is 2. The fourth-order valence-corrected chi connectivity index (χ4v) is 2.35. The lowest BCUT2D eigenvalue weighted by molar-refractivity contribution is 0.650. The Kier molecular flexibility index (Phi) is 3.96. The average Bonchev–Trinajstić information content (AvgIpc) is 2.51. The van der Waals surface area contributed by atoms with Crippen LogP contribution in [-0.4, -0.2) is 23.2 Å². The molecule has 0 fully saturated rings. The molecule has 3 rings (SSSR count). The van der Waals surface area contributed by atoms with E-state index in [0.29, 0.717) is 10.0 Å². The molecule has 0 radical (unpaired) electrons. The van der Waals surface area contributed by atoms with Crippen LogP contribution in [0.5, 0.6) is 0 Å². The molecule has 1 aliphatic rings. The van der Waals surface area contributed by atoms with E-state index in [9.17, 15) is 0 Å². The Morgan fingerprint density at radius 1 is 1.19 bits per heavy atom. The number of rotatable bonds is 3. The van der Waals surface area contributed by atoms with Crippen LogP contribution < -0.4 is 26.5 Å². The van der Waals surface area contributed by atoms with Gasteiger partial charge in [0.25, 0.3) is 0 Å². The molecule has 108 valence electrons. The molecule has 0 saturated heterocycles. The van der Waals surface area contributed by atoms with Crippen LogP contribution in [0.4, 0.5) is 11.5 Å². The summed E-state index contributed by atoms with van der Waals surface area (Å²) in [7, 11) is 1.88. The van der Waals surface area contributed by atoms with Crippen molar-refractivity contribution in [3.63, 3.8) is 0 Å². The van der Waals surface area contributed by atoms with Crippen LogP contribution in [-0.2, 0) is 0 Å². The maximum absolute atomic E-state index is 6.03. The highest BCUT2D eigenvalue weighted by atomic mass is 35.5. The van der Waals surface area contributed by atoms with Gasteiger partial charge in [-0.25, -0.2) is 9.97 Å². The molecule has 3 N–H and O–H groups in total. The van der Waals surface area contributed by atoms with Crippen LogP contribution >= 0.6 is 23.2 Å². The van der Waals surface area contributed by atoms with Gasteiger partial charge < -0.3 is 10.6 Å². The first kappa shape index (κ1) is 14.1. The minimum absolute atomic E-state index is 0.0397. The number of aromatic nitrogens is 2. The molecule has 21 heavy (non-hydrogen) atoms. The van der Waals surface area contributed by atoms with E-state index in [0.717, 1.165) is 22.1 Å². The predicted molar refractivity (Wildman–Crippen MR) is 85.9 cm³/mol. The molecule has 5 nitrogen and oxygen atoms in total. The molecule has 1 aliphatic heterocycles. The van der Waals surface area contributed by atoms with Gasteiger partial charge in [-0.3, -0.25) is 5.32 Å². The Bertz CT molecular complexity index is 790. The van der Waals surface area contributed by atoms with Crippen LogP contribution in [0.25, 0.3) is 12.3 Å². The molecule has 0 bridgehead atoms. The minimum Gasteiger partial charge on any atom is -0.371 e. The molecule has 1 unspecified atom stereocenters. The molecule has 1 atom stereocenters. The lowest BCUT2D eigenvalue weighted by atomic mass is 10.2. The quantitative estimate of drug-likeness (QED) is 0.793. The molecule has 7 heteroatoms. The molecule has 0 spiro atoms. The number of hydrogen-bond donors (Lipinski definition) is 3. The summed E-state index contributed by atoms with van der Waals surface area (Å²) in [6.07, 6.45) is 5.44. The summed E-state index contributed by atoms with van der Waals surface area (Å²) in [5, 5.41) is 12.3. The van der Waals surface area contributed by atoms with Crippen molar-refractivity contribution in [1.29, 1.82) is 0 Å². The van der Waals surface area contributed by atoms with Gasteiger partial charge in [0, 0.05) is 17.1 Å². The molecular formula is C14H13Cl2N5. The van der Waals surface area contributed by atoms with E-state index in [4.69, 9.17) is 23.2 Å². The van der Waals surface area contributed by atoms with Crippen molar-refractivity contribution in [2.24, 2.45) is 0 Å². The Labute approximate surface area is 131 Å². The second-order valence-corrected chi connectivity index (χ2v) is 5.33. The first-order valence-electron chi connectivity index (χ1n) is 6.36. The first-order chi connectivity index (χ1) is 10.2. The largest absolute Gasteiger partial charge is 0.371 e. The molecule has 0 amide bonds. The topological polar surface area (TPSA) is 61.9 Å². The van der Waals surface area contributed by atoms with Crippen molar-refractivity contribution < 1.29 is 0 Å². The Balaban J connectivity index is 2.02. The second-order valence-electron chi connectivity index (χ2n) is 4.52. The Morgan fingerprint density at radius 3 is 2.81 bits per heavy atom. The van der Waals surface area contributed by atoms with Crippen molar-refractivity contribution in [2.45, 2.75) is 6.17 Å². The monoisotopic (exact) mass is 321 g/mol. The molecule has 1 aromatic carbocycles. The standard InChI is InChI=1S/C14H13Cl2N5/c1-17-13-5-9-12(6-18-13)19-7-20-14(9)21-8-2-3-10(15)11(16)4-8/h2-7,13,17-18H,1H3,(H,19,20,21). The Hall–Kier alpha value is -1.82. The van der Waals surface area contributed by atoms with Gasteiger partial charge in [-0.1, -0.05) is 23.2 Å². The van der Waals surface area contributed by atoms with E-state index < -0.39 is 0 Å². The van der Waals surface area contributed by atoms with E-state index in [1.54, 1.807) is 12.1 Å². The van der Waals surface area contributed by atoms with Gasteiger partial charge in [-0.15, -0.1) is 0 Å². The second kappa shape index (κ2) is 5.89. The van der Waals surface area contributed by atoms with Gasteiger partial charge in [-0.05, 0) is 31.3 Å². The number of nitrogens with one attached hydrogen (secondary N) is 3. The fourth-order valence-electron chi connectivity index (χ4n) is 2.05. The molecule has 0 aliphatic carbocycles. The maximum atomic E-state index is 6.03. The fraction of sp³-hybridized carbons (Fsp3) is 0.143. The highest BCUT2D eigenvalue weighted by molar-refractivity contribution is 6.42. The third kappa shape index (κ3) is 2.95. The van der Waals surface area contributed by atoms with Crippen LogP contribution in [0.3, 0.4) is 0 Å². The van der Waals surface area contributed by atoms with Gasteiger partial charge in [-0.2, -0.15) is 0 Å². The molecule has 2 aromatic rings. The summed E-state index contributed by atoms with van der Waals surface area (Å²) >= 11 is 12.0. The zero-order valence-corrected chi connectivity index (χ0v) is 12.7. The van der Waals surface area contributed by atoms with Crippen molar-refractivity contribution in [1.82, 2.24) is 20.6 Å². The third-order valence-corrected chi connectivity index (χ3v) is 3.88. The van der Waals surface area contributed by atoms with Gasteiger partial charge in [0.05, 0.1) is 21.6 Å². The smallest absolute Gasteiger partial charge is 0.141 e. The summed E-state index contributed by atoms with van der Waals surface area (Å²) in [5.74, 6) is 0.719. The zero-order valence-electron chi connectivity index (χ0n) is 11.2. The van der Waals surface area contributed by atoms with Crippen molar-refractivity contribution in [2.75, 3.05) is 12.4 Å². The van der Waals surface area contributed by atoms with E-state index in [1.807, 2.05) is 25.4 Å². The van der Waals surface area contributed by atoms with E-state index in [2.05, 4.69) is 25.9 Å². The highest BCUT2D eigenvalue weighted by Crippen LogP contribution is 2.25. The normalized spacial score (nSPS) is 16.2. The maximum Gasteiger partial charge on any atom is 0.141 e. The minimum atomic E-state index is 0.0397. The van der Waals surface area contributed by atoms with Gasteiger partial charge in [0.2, 0.25) is 0 Å². The average molecular weight is 322 g/mol. The third-order valence-electron chi connectivity index (χ3n) is 3.14. The van der Waals surface area contributed by atoms with Crippen molar-refractivity contribution in [3.05, 3.63) is 45.1 Å². The van der Waals surface area contributed by atoms with Gasteiger partial charge >= 0.3 is 0 Å². The number of nitrogens with zero attached hydrogens (tertiary/aromatic N) is 2. The van der Waals surface area contributed by atoms with Crippen LogP contribution in [0.15, 0.2) is 24.5 Å². The number of fused-ring (bicyclic) bond motifs is 1. The summed E-state index contributed by atoms with van der Waals surface area (Å²) in [6, 6.07) is 5.36. The lowest BCUT2D eigenvalue weighted by Crippen LogP contribution is -2.46. The first-order valence-corrected chi connectivity index (χ1v) is 7.11. The number of anilines is 2. The zero-order chi connectivity index (χ0) is 14.8. The van der Waals surface area contributed by atoms with Crippen molar-refractivity contribution >= 4 is 47.0 Å². The SMILES string of the molecule is CNC1C=c2c(Nc3ccc(Cl)c(Cl)c3)ncnc2=CN1. The van der Waals surface area contributed by atoms with E-state index >= 15 is 0 Å². The summed E-state index contributed by atoms with van der Waals surface area (Å²) in [5.41, 5.74) is 0.818. The number of benzene rings is 1. The number of hydrogen-bond acceptors (Lipinski definition) is 5. The van der Waals surface area contributed by atoms with Crippen molar-refractivity contribution in [3.8, 4) is 0 Å². The lowest BCUT2D eigenvalue weighted by Gasteiger charge is -2.16. The Morgan fingerprint density at radius 2 is 2.05 bits per heavy atom. The molecule has 0 saturated carbocycles. The van der Waals surface area contributed by atoms with Crippen LogP contribution in [0.1, 0.15) is 0 Å². The van der Waals surface area contributed by atoms with E-state index in [1.165, 1.54) is 6.33 Å². The summed E-state index contributed by atoms with van der Waals surface area (Å²) in [6.45, 7) is 0. The molecule has 2 heterocycles. The predicted octanol–water partition coefficient (Wildman–Crippen LogP) is 1.19. The molecular weight excluding hydrogens is 309 g/mol.